The van der Waals surface area contributed by atoms with Gasteiger partial charge in [0.1, 0.15) is 5.82 Å². The maximum Gasteiger partial charge on any atom is 0.128 e. The number of benzene rings is 1. The molecule has 20 heavy (non-hydrogen) atoms. The molecule has 1 saturated carbocycles. The summed E-state index contributed by atoms with van der Waals surface area (Å²) in [5.74, 6) is 6.16. The lowest BCUT2D eigenvalue weighted by atomic mass is 9.73. The Bertz CT molecular complexity index is 461. The van der Waals surface area contributed by atoms with Gasteiger partial charge >= 0.3 is 0 Å². The molecule has 1 aliphatic rings. The number of hydrogen-bond acceptors (Lipinski definition) is 3. The van der Waals surface area contributed by atoms with Crippen LogP contribution in [0.3, 0.4) is 0 Å². The third-order valence-corrected chi connectivity index (χ3v) is 4.98. The van der Waals surface area contributed by atoms with E-state index in [0.29, 0.717) is 11.5 Å². The summed E-state index contributed by atoms with van der Waals surface area (Å²) in [7, 11) is 1.69. The van der Waals surface area contributed by atoms with Gasteiger partial charge in [-0.05, 0) is 49.8 Å². The number of rotatable bonds is 4. The molecule has 0 aliphatic heterocycles. The summed E-state index contributed by atoms with van der Waals surface area (Å²) in [6.45, 7) is 2.24. The molecular weight excluding hydrogens is 323 g/mol. The fourth-order valence-corrected chi connectivity index (χ4v) is 3.50. The highest BCUT2D eigenvalue weighted by molar-refractivity contribution is 9.10. The Morgan fingerprint density at radius 2 is 2.10 bits per heavy atom. The van der Waals surface area contributed by atoms with Crippen LogP contribution in [0.25, 0.3) is 0 Å². The van der Waals surface area contributed by atoms with Crippen molar-refractivity contribution in [2.24, 2.45) is 11.8 Å². The summed E-state index contributed by atoms with van der Waals surface area (Å²) >= 11 is 3.39. The summed E-state index contributed by atoms with van der Waals surface area (Å²) in [6, 6.07) is 4.57. The lowest BCUT2D eigenvalue weighted by molar-refractivity contribution is -0.0768. The Balaban J connectivity index is 2.36. The molecule has 0 amide bonds. The minimum atomic E-state index is -0.442. The Morgan fingerprint density at radius 3 is 2.65 bits per heavy atom. The van der Waals surface area contributed by atoms with E-state index >= 15 is 0 Å². The number of hydrogen-bond donors (Lipinski definition) is 2. The predicted molar refractivity (Wildman–Crippen MR) is 81.5 cm³/mol. The molecule has 1 aliphatic carbocycles. The van der Waals surface area contributed by atoms with Crippen molar-refractivity contribution in [1.29, 1.82) is 0 Å². The maximum absolute atomic E-state index is 14.2. The van der Waals surface area contributed by atoms with Gasteiger partial charge in [0, 0.05) is 17.1 Å². The first-order valence-electron chi connectivity index (χ1n) is 6.98. The monoisotopic (exact) mass is 344 g/mol. The van der Waals surface area contributed by atoms with Crippen molar-refractivity contribution in [2.45, 2.75) is 44.2 Å². The lowest BCUT2D eigenvalue weighted by Gasteiger charge is -2.44. The van der Waals surface area contributed by atoms with Crippen LogP contribution in [0.2, 0.25) is 0 Å². The first-order valence-corrected chi connectivity index (χ1v) is 7.78. The molecular formula is C15H22BrFN2O. The van der Waals surface area contributed by atoms with E-state index in [2.05, 4.69) is 28.3 Å². The third-order valence-electron chi connectivity index (χ3n) is 4.49. The Hall–Kier alpha value is -0.490. The number of nitrogens with two attached hydrogens (primary N) is 1. The van der Waals surface area contributed by atoms with Crippen LogP contribution >= 0.6 is 15.9 Å². The first kappa shape index (κ1) is 15.9. The average Bonchev–Trinajstić information content (AvgIpc) is 2.45. The second-order valence-electron chi connectivity index (χ2n) is 5.72. The topological polar surface area (TPSA) is 47.3 Å². The molecule has 1 fully saturated rings. The van der Waals surface area contributed by atoms with Gasteiger partial charge in [0.25, 0.3) is 0 Å². The molecule has 112 valence electrons. The second-order valence-corrected chi connectivity index (χ2v) is 6.63. The average molecular weight is 345 g/mol. The molecule has 0 heterocycles. The van der Waals surface area contributed by atoms with Crippen molar-refractivity contribution in [1.82, 2.24) is 5.43 Å². The van der Waals surface area contributed by atoms with Gasteiger partial charge in [0.2, 0.25) is 0 Å². The van der Waals surface area contributed by atoms with Gasteiger partial charge in [-0.3, -0.25) is 5.84 Å². The molecule has 0 bridgehead atoms. The SMILES string of the molecule is COC1(C(NN)c2cc(Br)ccc2F)CCC(C)CC1. The van der Waals surface area contributed by atoms with Gasteiger partial charge in [-0.25, -0.2) is 9.82 Å². The van der Waals surface area contributed by atoms with E-state index in [1.165, 1.54) is 6.07 Å². The number of ether oxygens (including phenoxy) is 1. The highest BCUT2D eigenvalue weighted by atomic mass is 79.9. The molecule has 0 aromatic heterocycles. The largest absolute Gasteiger partial charge is 0.376 e. The maximum atomic E-state index is 14.2. The highest BCUT2D eigenvalue weighted by Gasteiger charge is 2.43. The van der Waals surface area contributed by atoms with Crippen LogP contribution in [-0.2, 0) is 4.74 Å². The third kappa shape index (κ3) is 3.06. The van der Waals surface area contributed by atoms with E-state index in [1.54, 1.807) is 19.2 Å². The van der Waals surface area contributed by atoms with E-state index < -0.39 is 5.60 Å². The molecule has 1 aromatic rings. The number of nitrogens with one attached hydrogen (secondary N) is 1. The van der Waals surface area contributed by atoms with Crippen LogP contribution < -0.4 is 11.3 Å². The van der Waals surface area contributed by atoms with Crippen molar-refractivity contribution in [3.63, 3.8) is 0 Å². The quantitative estimate of drug-likeness (QED) is 0.646. The molecule has 2 rings (SSSR count). The summed E-state index contributed by atoms with van der Waals surface area (Å²) in [4.78, 5) is 0. The van der Waals surface area contributed by atoms with Crippen LogP contribution in [0.1, 0.15) is 44.2 Å². The molecule has 0 saturated heterocycles. The summed E-state index contributed by atoms with van der Waals surface area (Å²) in [5.41, 5.74) is 2.89. The van der Waals surface area contributed by atoms with Crippen LogP contribution in [0.5, 0.6) is 0 Å². The van der Waals surface area contributed by atoms with Crippen LogP contribution in [-0.4, -0.2) is 12.7 Å². The van der Waals surface area contributed by atoms with Crippen LogP contribution in [0, 0.1) is 11.7 Å². The summed E-state index contributed by atoms with van der Waals surface area (Å²) in [6.07, 6.45) is 3.90. The highest BCUT2D eigenvalue weighted by Crippen LogP contribution is 2.43. The molecule has 3 N–H and O–H groups in total. The van der Waals surface area contributed by atoms with Gasteiger partial charge in [-0.15, -0.1) is 0 Å². The van der Waals surface area contributed by atoms with E-state index in [0.717, 1.165) is 30.2 Å². The van der Waals surface area contributed by atoms with Gasteiger partial charge in [0.15, 0.2) is 0 Å². The van der Waals surface area contributed by atoms with Crippen molar-refractivity contribution in [3.8, 4) is 0 Å². The number of methoxy groups -OCH3 is 1. The van der Waals surface area contributed by atoms with Gasteiger partial charge < -0.3 is 4.74 Å². The van der Waals surface area contributed by atoms with E-state index in [1.807, 2.05) is 0 Å². The minimum absolute atomic E-state index is 0.258. The van der Waals surface area contributed by atoms with Gasteiger partial charge in [-0.1, -0.05) is 22.9 Å². The molecule has 0 spiro atoms. The van der Waals surface area contributed by atoms with E-state index in [4.69, 9.17) is 10.6 Å². The molecule has 1 unspecified atom stereocenters. The van der Waals surface area contributed by atoms with E-state index in [9.17, 15) is 4.39 Å². The zero-order valence-corrected chi connectivity index (χ0v) is 13.5. The lowest BCUT2D eigenvalue weighted by Crippen LogP contribution is -2.50. The van der Waals surface area contributed by atoms with Crippen LogP contribution in [0.4, 0.5) is 4.39 Å². The first-order chi connectivity index (χ1) is 9.52. The second kappa shape index (κ2) is 6.52. The Kier molecular flexibility index (Phi) is 5.18. The fraction of sp³-hybridized carbons (Fsp3) is 0.600. The molecule has 5 heteroatoms. The summed E-state index contributed by atoms with van der Waals surface area (Å²) < 4.78 is 20.8. The fourth-order valence-electron chi connectivity index (χ4n) is 3.12. The number of hydrazine groups is 1. The predicted octanol–water partition coefficient (Wildman–Crippen LogP) is 3.69. The molecule has 0 radical (unpaired) electrons. The van der Waals surface area contributed by atoms with Crippen molar-refractivity contribution in [3.05, 3.63) is 34.1 Å². The zero-order chi connectivity index (χ0) is 14.8. The zero-order valence-electron chi connectivity index (χ0n) is 12.0. The smallest absolute Gasteiger partial charge is 0.128 e. The van der Waals surface area contributed by atoms with Crippen molar-refractivity contribution >= 4 is 15.9 Å². The molecule has 3 nitrogen and oxygen atoms in total. The Labute approximate surface area is 128 Å². The standard InChI is InChI=1S/C15H22BrFN2O/c1-10-5-7-15(20-2,8-6-10)14(19-18)12-9-11(16)3-4-13(12)17/h3-4,9-10,14,19H,5-8,18H2,1-2H3. The van der Waals surface area contributed by atoms with Crippen molar-refractivity contribution in [2.75, 3.05) is 7.11 Å². The molecule has 1 atom stereocenters. The summed E-state index contributed by atoms with van der Waals surface area (Å²) in [5, 5.41) is 0. The van der Waals surface area contributed by atoms with Crippen molar-refractivity contribution < 1.29 is 9.13 Å². The van der Waals surface area contributed by atoms with Crippen LogP contribution in [0.15, 0.2) is 22.7 Å². The van der Waals surface area contributed by atoms with Gasteiger partial charge in [-0.2, -0.15) is 0 Å². The van der Waals surface area contributed by atoms with E-state index in [-0.39, 0.29) is 11.9 Å². The number of halogens is 2. The van der Waals surface area contributed by atoms with Gasteiger partial charge in [0.05, 0.1) is 11.6 Å². The minimum Gasteiger partial charge on any atom is -0.376 e. The Morgan fingerprint density at radius 1 is 1.45 bits per heavy atom. The normalized spacial score (nSPS) is 28.4. The molecule has 1 aromatic carbocycles.